The quantitative estimate of drug-likeness (QED) is 0.168. The smallest absolute Gasteiger partial charge is 0.135 e. The van der Waals surface area contributed by atoms with Crippen LogP contribution < -0.4 is 10.4 Å². The molecule has 2 heteroatoms. The largest absolute Gasteiger partial charge is 0.456 e. The Hall–Kier alpha value is -7.42. The van der Waals surface area contributed by atoms with E-state index in [-0.39, 0.29) is 5.41 Å². The molecular formula is C57H36O2. The molecule has 0 bridgehead atoms. The first kappa shape index (κ1) is 32.6. The van der Waals surface area contributed by atoms with Crippen LogP contribution in [0.5, 0.6) is 0 Å². The third kappa shape index (κ3) is 4.81. The van der Waals surface area contributed by atoms with Crippen molar-refractivity contribution in [1.82, 2.24) is 0 Å². The summed E-state index contributed by atoms with van der Waals surface area (Å²) in [5.74, 6) is 0. The Bertz CT molecular complexity index is 3730. The van der Waals surface area contributed by atoms with Gasteiger partial charge in [-0.3, -0.25) is 0 Å². The fourth-order valence-electron chi connectivity index (χ4n) is 10.2. The van der Waals surface area contributed by atoms with E-state index in [1.54, 1.807) is 0 Å². The molecule has 2 heterocycles. The lowest BCUT2D eigenvalue weighted by Crippen LogP contribution is -2.27. The average molecular weight is 753 g/mol. The molecule has 0 fully saturated rings. The second kappa shape index (κ2) is 11.8. The lowest BCUT2D eigenvalue weighted by molar-refractivity contribution is 0.644. The minimum absolute atomic E-state index is 0.0352. The van der Waals surface area contributed by atoms with Crippen LogP contribution in [0.2, 0.25) is 0 Å². The van der Waals surface area contributed by atoms with Crippen LogP contribution in [0, 0.1) is 5.41 Å². The number of para-hydroxylation sites is 2. The minimum atomic E-state index is -0.0352. The summed E-state index contributed by atoms with van der Waals surface area (Å²) in [5, 5.41) is 14.9. The summed E-state index contributed by atoms with van der Waals surface area (Å²) in [6.07, 6.45) is 9.18. The van der Waals surface area contributed by atoms with E-state index in [1.165, 1.54) is 65.0 Å². The summed E-state index contributed by atoms with van der Waals surface area (Å²) in [4.78, 5) is 0. The number of rotatable bonds is 3. The average Bonchev–Trinajstić information content (AvgIpc) is 3.96. The van der Waals surface area contributed by atoms with Gasteiger partial charge in [-0.05, 0) is 166 Å². The van der Waals surface area contributed by atoms with E-state index < -0.39 is 0 Å². The van der Waals surface area contributed by atoms with Gasteiger partial charge in [0.15, 0.2) is 0 Å². The number of benzene rings is 9. The third-order valence-corrected chi connectivity index (χ3v) is 13.0. The van der Waals surface area contributed by atoms with Crippen LogP contribution in [0.15, 0.2) is 190 Å². The number of hydrogen-bond donors (Lipinski definition) is 0. The fraction of sp³-hybridized carbons (Fsp3) is 0.0526. The molecule has 9 aromatic carbocycles. The summed E-state index contributed by atoms with van der Waals surface area (Å²) in [6, 6.07) is 57.8. The van der Waals surface area contributed by atoms with Gasteiger partial charge in [-0.15, -0.1) is 0 Å². The first-order valence-corrected chi connectivity index (χ1v) is 20.5. The molecule has 2 aliphatic rings. The van der Waals surface area contributed by atoms with Crippen molar-refractivity contribution in [3.63, 3.8) is 0 Å². The van der Waals surface area contributed by atoms with Gasteiger partial charge in [0.05, 0.1) is 0 Å². The molecule has 276 valence electrons. The van der Waals surface area contributed by atoms with Crippen LogP contribution in [0.1, 0.15) is 13.8 Å². The predicted octanol–water partition coefficient (Wildman–Crippen LogP) is 14.4. The second-order valence-corrected chi connectivity index (χ2v) is 16.9. The summed E-state index contributed by atoms with van der Waals surface area (Å²) >= 11 is 0. The number of furan rings is 2. The molecular weight excluding hydrogens is 717 g/mol. The molecule has 0 unspecified atom stereocenters. The van der Waals surface area contributed by atoms with Crippen molar-refractivity contribution in [3.05, 3.63) is 192 Å². The zero-order valence-corrected chi connectivity index (χ0v) is 32.6. The fourth-order valence-corrected chi connectivity index (χ4v) is 10.2. The van der Waals surface area contributed by atoms with Crippen LogP contribution in [0.3, 0.4) is 0 Å². The molecule has 0 saturated heterocycles. The Balaban J connectivity index is 1.06. The van der Waals surface area contributed by atoms with Gasteiger partial charge in [0.2, 0.25) is 0 Å². The lowest BCUT2D eigenvalue weighted by Gasteiger charge is -2.26. The van der Waals surface area contributed by atoms with Gasteiger partial charge in [-0.2, -0.15) is 0 Å². The van der Waals surface area contributed by atoms with Gasteiger partial charge >= 0.3 is 0 Å². The molecule has 0 N–H and O–H groups in total. The Morgan fingerprint density at radius 1 is 0.373 bits per heavy atom. The van der Waals surface area contributed by atoms with Crippen LogP contribution in [0.25, 0.3) is 121 Å². The molecule has 0 saturated carbocycles. The van der Waals surface area contributed by atoms with Crippen molar-refractivity contribution in [1.29, 1.82) is 0 Å². The highest BCUT2D eigenvalue weighted by molar-refractivity contribution is 6.26. The standard InChI is InChI=1S/C57H36O2/c1-57(2)23-9-10-36-24-40-31-48-42-12-4-3-11-41(42)47-28-33(17-20-43(47)49(48)32-46(40)56(36)57)37-25-38(34-18-21-54-50(29-34)44-13-5-7-15-52(44)58-54)27-39(26-37)35-19-22-55-51(30-35)45-14-6-8-16-53(45)59-55/h3-32H,1-2H3. The van der Waals surface area contributed by atoms with Crippen molar-refractivity contribution < 1.29 is 8.83 Å². The summed E-state index contributed by atoms with van der Waals surface area (Å²) in [5.41, 5.74) is 13.3. The van der Waals surface area contributed by atoms with Gasteiger partial charge < -0.3 is 8.83 Å². The molecule has 0 spiro atoms. The van der Waals surface area contributed by atoms with Gasteiger partial charge in [0, 0.05) is 27.0 Å². The Kier molecular flexibility index (Phi) is 6.54. The molecule has 0 amide bonds. The highest BCUT2D eigenvalue weighted by atomic mass is 16.3. The topological polar surface area (TPSA) is 26.3 Å². The summed E-state index contributed by atoms with van der Waals surface area (Å²) < 4.78 is 12.5. The van der Waals surface area contributed by atoms with E-state index in [4.69, 9.17) is 8.83 Å². The molecule has 2 aromatic heterocycles. The van der Waals surface area contributed by atoms with Crippen LogP contribution in [-0.4, -0.2) is 0 Å². The minimum Gasteiger partial charge on any atom is -0.456 e. The SMILES string of the molecule is CC1(C)C=CC=C2C=c3cc4c5ccccc5c5cc(-c6cc(-c7ccc8oc9ccccc9c8c7)cc(-c7ccc8oc9ccccc9c8c7)c6)ccc5c4cc3=C21. The second-order valence-electron chi connectivity index (χ2n) is 16.9. The monoisotopic (exact) mass is 752 g/mol. The summed E-state index contributed by atoms with van der Waals surface area (Å²) in [7, 11) is 0. The Morgan fingerprint density at radius 2 is 0.831 bits per heavy atom. The van der Waals surface area contributed by atoms with Gasteiger partial charge in [-0.25, -0.2) is 0 Å². The van der Waals surface area contributed by atoms with Gasteiger partial charge in [0.1, 0.15) is 22.3 Å². The van der Waals surface area contributed by atoms with Crippen LogP contribution in [0.4, 0.5) is 0 Å². The zero-order valence-electron chi connectivity index (χ0n) is 32.6. The van der Waals surface area contributed by atoms with E-state index in [1.807, 2.05) is 24.3 Å². The normalized spacial score (nSPS) is 14.5. The molecule has 11 aromatic rings. The van der Waals surface area contributed by atoms with Crippen molar-refractivity contribution in [2.24, 2.45) is 5.41 Å². The number of allylic oxidation sites excluding steroid dienone is 4. The van der Waals surface area contributed by atoms with Crippen LogP contribution in [-0.2, 0) is 0 Å². The maximum atomic E-state index is 6.25. The Labute approximate surface area is 339 Å². The highest BCUT2D eigenvalue weighted by Gasteiger charge is 2.28. The van der Waals surface area contributed by atoms with Crippen molar-refractivity contribution in [2.45, 2.75) is 13.8 Å². The molecule has 0 radical (unpaired) electrons. The lowest BCUT2D eigenvalue weighted by atomic mass is 9.77. The van der Waals surface area contributed by atoms with E-state index >= 15 is 0 Å². The van der Waals surface area contributed by atoms with Crippen molar-refractivity contribution in [2.75, 3.05) is 0 Å². The van der Waals surface area contributed by atoms with Crippen LogP contribution >= 0.6 is 0 Å². The predicted molar refractivity (Wildman–Crippen MR) is 248 cm³/mol. The van der Waals surface area contributed by atoms with E-state index in [9.17, 15) is 0 Å². The maximum absolute atomic E-state index is 6.25. The molecule has 2 aliphatic carbocycles. The zero-order chi connectivity index (χ0) is 39.0. The molecule has 0 aliphatic heterocycles. The molecule has 13 rings (SSSR count). The highest BCUT2D eigenvalue weighted by Crippen LogP contribution is 2.43. The Morgan fingerprint density at radius 3 is 1.42 bits per heavy atom. The third-order valence-electron chi connectivity index (χ3n) is 13.0. The molecule has 2 nitrogen and oxygen atoms in total. The van der Waals surface area contributed by atoms with E-state index in [0.29, 0.717) is 0 Å². The van der Waals surface area contributed by atoms with Gasteiger partial charge in [-0.1, -0.05) is 117 Å². The first-order chi connectivity index (χ1) is 28.9. The maximum Gasteiger partial charge on any atom is 0.135 e. The van der Waals surface area contributed by atoms with E-state index in [0.717, 1.165) is 66.1 Å². The molecule has 59 heavy (non-hydrogen) atoms. The van der Waals surface area contributed by atoms with E-state index in [2.05, 4.69) is 172 Å². The molecule has 0 atom stereocenters. The van der Waals surface area contributed by atoms with Gasteiger partial charge in [0.25, 0.3) is 0 Å². The summed E-state index contributed by atoms with van der Waals surface area (Å²) in [6.45, 7) is 4.66. The first-order valence-electron chi connectivity index (χ1n) is 20.5. The van der Waals surface area contributed by atoms with Crippen molar-refractivity contribution >= 4 is 87.8 Å². The van der Waals surface area contributed by atoms with Crippen molar-refractivity contribution in [3.8, 4) is 33.4 Å². The number of hydrogen-bond acceptors (Lipinski definition) is 2. The number of fused-ring (bicyclic) bond motifs is 14.